The van der Waals surface area contributed by atoms with Crippen LogP contribution in [0.25, 0.3) is 0 Å². The summed E-state index contributed by atoms with van der Waals surface area (Å²) < 4.78 is 0. The number of rotatable bonds is 9. The van der Waals surface area contributed by atoms with Gasteiger partial charge in [0.2, 0.25) is 0 Å². The zero-order valence-electron chi connectivity index (χ0n) is 10.7. The van der Waals surface area contributed by atoms with Gasteiger partial charge >= 0.3 is 0 Å². The molecule has 2 unspecified atom stereocenters. The molecule has 0 amide bonds. The van der Waals surface area contributed by atoms with Crippen molar-refractivity contribution < 1.29 is 5.11 Å². The molecule has 0 aliphatic carbocycles. The van der Waals surface area contributed by atoms with Gasteiger partial charge in [-0.25, -0.2) is 0 Å². The van der Waals surface area contributed by atoms with Gasteiger partial charge in [0, 0.05) is 10.8 Å². The number of thioether (sulfide) groups is 1. The minimum atomic E-state index is -0.0868. The summed E-state index contributed by atoms with van der Waals surface area (Å²) in [6.45, 7) is 9.97. The van der Waals surface area contributed by atoms with Gasteiger partial charge in [0.15, 0.2) is 0 Å². The molecule has 2 nitrogen and oxygen atoms in total. The Kier molecular flexibility index (Phi) is 8.58. The first-order valence-electron chi connectivity index (χ1n) is 6.05. The molecule has 0 fully saturated rings. The topological polar surface area (TPSA) is 32.3 Å². The van der Waals surface area contributed by atoms with Crippen molar-refractivity contribution in [3.8, 4) is 0 Å². The molecule has 0 aliphatic heterocycles. The van der Waals surface area contributed by atoms with Crippen LogP contribution in [-0.4, -0.2) is 34.8 Å². The summed E-state index contributed by atoms with van der Waals surface area (Å²) in [4.78, 5) is 0. The van der Waals surface area contributed by atoms with E-state index in [2.05, 4.69) is 33.0 Å². The van der Waals surface area contributed by atoms with Crippen molar-refractivity contribution in [1.82, 2.24) is 5.32 Å². The van der Waals surface area contributed by atoms with E-state index in [0.29, 0.717) is 0 Å². The summed E-state index contributed by atoms with van der Waals surface area (Å²) in [6.07, 6.45) is 3.38. The predicted octanol–water partition coefficient (Wildman–Crippen LogP) is 2.66. The monoisotopic (exact) mass is 233 g/mol. The lowest BCUT2D eigenvalue weighted by atomic mass is 10.0. The van der Waals surface area contributed by atoms with Gasteiger partial charge in [-0.1, -0.05) is 20.8 Å². The fourth-order valence-electron chi connectivity index (χ4n) is 1.25. The smallest absolute Gasteiger partial charge is 0.0610 e. The van der Waals surface area contributed by atoms with Gasteiger partial charge in [0.05, 0.1) is 6.61 Å². The van der Waals surface area contributed by atoms with Crippen molar-refractivity contribution >= 4 is 11.8 Å². The lowest BCUT2D eigenvalue weighted by Gasteiger charge is -2.29. The Bertz CT molecular complexity index is 155. The largest absolute Gasteiger partial charge is 0.394 e. The number of hydrogen-bond acceptors (Lipinski definition) is 3. The maximum Gasteiger partial charge on any atom is 0.0610 e. The average molecular weight is 233 g/mol. The fourth-order valence-corrected chi connectivity index (χ4v) is 2.46. The summed E-state index contributed by atoms with van der Waals surface area (Å²) in [5.74, 6) is 1.13. The molecular formula is C12H27NOS. The van der Waals surface area contributed by atoms with E-state index in [1.165, 1.54) is 6.42 Å². The number of aliphatic hydroxyl groups is 1. The van der Waals surface area contributed by atoms with Crippen LogP contribution in [0.1, 0.15) is 47.0 Å². The third-order valence-corrected chi connectivity index (χ3v) is 4.12. The summed E-state index contributed by atoms with van der Waals surface area (Å²) >= 11 is 2.00. The SMILES string of the molecule is CCCNC(C)(CO)CCSC(C)CC. The van der Waals surface area contributed by atoms with Crippen LogP contribution < -0.4 is 5.32 Å². The van der Waals surface area contributed by atoms with E-state index in [1.54, 1.807) is 0 Å². The van der Waals surface area contributed by atoms with Crippen LogP contribution in [0.2, 0.25) is 0 Å². The van der Waals surface area contributed by atoms with Gasteiger partial charge in [-0.3, -0.25) is 0 Å². The summed E-state index contributed by atoms with van der Waals surface area (Å²) in [5.41, 5.74) is -0.0868. The molecule has 0 saturated carbocycles. The second kappa shape index (κ2) is 8.43. The number of nitrogens with one attached hydrogen (secondary N) is 1. The molecule has 0 aliphatic rings. The predicted molar refractivity (Wildman–Crippen MR) is 70.6 cm³/mol. The van der Waals surface area contributed by atoms with Gasteiger partial charge in [-0.15, -0.1) is 0 Å². The first-order valence-corrected chi connectivity index (χ1v) is 7.10. The maximum absolute atomic E-state index is 9.36. The molecule has 0 aromatic carbocycles. The van der Waals surface area contributed by atoms with Gasteiger partial charge in [0.25, 0.3) is 0 Å². The standard InChI is InChI=1S/C12H27NOS/c1-5-8-13-12(4,10-14)7-9-15-11(3)6-2/h11,13-14H,5-10H2,1-4H3. The molecular weight excluding hydrogens is 206 g/mol. The van der Waals surface area contributed by atoms with Crippen LogP contribution >= 0.6 is 11.8 Å². The summed E-state index contributed by atoms with van der Waals surface area (Å²) in [5, 5.41) is 13.5. The zero-order chi connectivity index (χ0) is 11.7. The molecule has 15 heavy (non-hydrogen) atoms. The highest BCUT2D eigenvalue weighted by Gasteiger charge is 2.21. The normalized spacial score (nSPS) is 17.4. The fraction of sp³-hybridized carbons (Fsp3) is 1.00. The van der Waals surface area contributed by atoms with E-state index in [1.807, 2.05) is 11.8 Å². The third-order valence-electron chi connectivity index (χ3n) is 2.78. The summed E-state index contributed by atoms with van der Waals surface area (Å²) in [6, 6.07) is 0. The summed E-state index contributed by atoms with van der Waals surface area (Å²) in [7, 11) is 0. The van der Waals surface area contributed by atoms with Crippen LogP contribution in [0, 0.1) is 0 Å². The molecule has 0 aromatic rings. The Balaban J connectivity index is 3.76. The quantitative estimate of drug-likeness (QED) is 0.642. The maximum atomic E-state index is 9.36. The van der Waals surface area contributed by atoms with E-state index in [4.69, 9.17) is 0 Å². The molecule has 0 heterocycles. The number of hydrogen-bond donors (Lipinski definition) is 2. The first kappa shape index (κ1) is 15.3. The number of aliphatic hydroxyl groups excluding tert-OH is 1. The van der Waals surface area contributed by atoms with Crippen LogP contribution in [0.5, 0.6) is 0 Å². The van der Waals surface area contributed by atoms with Gasteiger partial charge in [0.1, 0.15) is 0 Å². The lowest BCUT2D eigenvalue weighted by Crippen LogP contribution is -2.46. The second-order valence-electron chi connectivity index (χ2n) is 4.49. The lowest BCUT2D eigenvalue weighted by molar-refractivity contribution is 0.171. The van der Waals surface area contributed by atoms with Crippen LogP contribution in [0.3, 0.4) is 0 Å². The Labute approximate surface area is 99.2 Å². The highest BCUT2D eigenvalue weighted by molar-refractivity contribution is 7.99. The van der Waals surface area contributed by atoms with E-state index in [0.717, 1.165) is 30.4 Å². The van der Waals surface area contributed by atoms with Crippen molar-refractivity contribution in [2.45, 2.75) is 57.7 Å². The van der Waals surface area contributed by atoms with E-state index in [-0.39, 0.29) is 12.1 Å². The first-order chi connectivity index (χ1) is 7.08. The van der Waals surface area contributed by atoms with Gasteiger partial charge in [-0.2, -0.15) is 11.8 Å². The van der Waals surface area contributed by atoms with Gasteiger partial charge in [-0.05, 0) is 38.5 Å². The van der Waals surface area contributed by atoms with Crippen molar-refractivity contribution in [2.24, 2.45) is 0 Å². The highest BCUT2D eigenvalue weighted by atomic mass is 32.2. The Morgan fingerprint density at radius 3 is 2.53 bits per heavy atom. The Morgan fingerprint density at radius 2 is 2.07 bits per heavy atom. The average Bonchev–Trinajstić information content (AvgIpc) is 2.26. The van der Waals surface area contributed by atoms with Crippen molar-refractivity contribution in [2.75, 3.05) is 18.9 Å². The molecule has 0 aromatic heterocycles. The molecule has 2 atom stereocenters. The molecule has 2 N–H and O–H groups in total. The van der Waals surface area contributed by atoms with Crippen LogP contribution in [0.15, 0.2) is 0 Å². The van der Waals surface area contributed by atoms with Crippen molar-refractivity contribution in [3.63, 3.8) is 0 Å². The molecule has 0 radical (unpaired) electrons. The highest BCUT2D eigenvalue weighted by Crippen LogP contribution is 2.19. The molecule has 0 saturated heterocycles. The molecule has 3 heteroatoms. The van der Waals surface area contributed by atoms with E-state index < -0.39 is 0 Å². The third kappa shape index (κ3) is 7.20. The minimum absolute atomic E-state index is 0.0868. The Morgan fingerprint density at radius 1 is 1.40 bits per heavy atom. The van der Waals surface area contributed by atoms with Crippen molar-refractivity contribution in [1.29, 1.82) is 0 Å². The Hall–Kier alpha value is 0.270. The van der Waals surface area contributed by atoms with E-state index >= 15 is 0 Å². The van der Waals surface area contributed by atoms with E-state index in [9.17, 15) is 5.11 Å². The van der Waals surface area contributed by atoms with Crippen molar-refractivity contribution in [3.05, 3.63) is 0 Å². The van der Waals surface area contributed by atoms with Crippen LogP contribution in [0.4, 0.5) is 0 Å². The molecule has 92 valence electrons. The second-order valence-corrected chi connectivity index (χ2v) is 6.03. The molecule has 0 rings (SSSR count). The molecule has 0 spiro atoms. The van der Waals surface area contributed by atoms with Crippen LogP contribution in [-0.2, 0) is 0 Å². The zero-order valence-corrected chi connectivity index (χ0v) is 11.5. The van der Waals surface area contributed by atoms with Gasteiger partial charge < -0.3 is 10.4 Å². The molecule has 0 bridgehead atoms. The minimum Gasteiger partial charge on any atom is -0.394 e.